The molecule has 0 bridgehead atoms. The zero-order valence-electron chi connectivity index (χ0n) is 9.96. The molecule has 0 unspecified atom stereocenters. The van der Waals surface area contributed by atoms with Crippen molar-refractivity contribution in [1.82, 2.24) is 5.16 Å². The number of nitrogens with zero attached hydrogens (tertiary/aromatic N) is 1. The van der Waals surface area contributed by atoms with Crippen LogP contribution >= 0.6 is 0 Å². The summed E-state index contributed by atoms with van der Waals surface area (Å²) in [5.74, 6) is 1.30. The molecule has 1 aliphatic carbocycles. The molecule has 2 aromatic heterocycles. The quantitative estimate of drug-likeness (QED) is 0.776. The Bertz CT molecular complexity index is 543. The number of carbonyl (C=O) groups excluding carboxylic acids is 1. The summed E-state index contributed by atoms with van der Waals surface area (Å²) in [4.78, 5) is 11.8. The van der Waals surface area contributed by atoms with Gasteiger partial charge in [-0.25, -0.2) is 0 Å². The van der Waals surface area contributed by atoms with Crippen LogP contribution in [0.4, 0.5) is 0 Å². The van der Waals surface area contributed by atoms with Gasteiger partial charge in [0.2, 0.25) is 0 Å². The number of aryl methyl sites for hydroxylation is 1. The molecule has 0 radical (unpaired) electrons. The molecule has 5 nitrogen and oxygen atoms in total. The molecule has 1 saturated carbocycles. The van der Waals surface area contributed by atoms with Gasteiger partial charge in [0.05, 0.1) is 17.9 Å². The zero-order chi connectivity index (χ0) is 12.5. The molecule has 0 aliphatic heterocycles. The number of aromatic nitrogens is 1. The second-order valence-electron chi connectivity index (χ2n) is 4.51. The van der Waals surface area contributed by atoms with E-state index >= 15 is 0 Å². The van der Waals surface area contributed by atoms with E-state index in [2.05, 4.69) is 5.16 Å². The summed E-state index contributed by atoms with van der Waals surface area (Å²) >= 11 is 0. The molecule has 2 atom stereocenters. The van der Waals surface area contributed by atoms with Gasteiger partial charge in [-0.15, -0.1) is 0 Å². The fraction of sp³-hybridized carbons (Fsp3) is 0.385. The number of esters is 1. The van der Waals surface area contributed by atoms with E-state index in [4.69, 9.17) is 13.7 Å². The number of furan rings is 1. The molecule has 0 saturated heterocycles. The number of carbonyl (C=O) groups is 1. The van der Waals surface area contributed by atoms with Crippen LogP contribution in [-0.4, -0.2) is 11.1 Å². The molecular formula is C13H13NO4. The minimum absolute atomic E-state index is 0.0832. The average Bonchev–Trinajstić information content (AvgIpc) is 2.79. The second kappa shape index (κ2) is 4.33. The van der Waals surface area contributed by atoms with Gasteiger partial charge in [-0.05, 0) is 25.5 Å². The van der Waals surface area contributed by atoms with Crippen molar-refractivity contribution in [2.24, 2.45) is 5.92 Å². The van der Waals surface area contributed by atoms with Crippen molar-refractivity contribution in [1.29, 1.82) is 0 Å². The smallest absolute Gasteiger partial charge is 0.310 e. The van der Waals surface area contributed by atoms with Gasteiger partial charge < -0.3 is 13.7 Å². The first-order chi connectivity index (χ1) is 8.74. The molecule has 2 aromatic rings. The van der Waals surface area contributed by atoms with E-state index in [1.54, 1.807) is 12.3 Å². The first kappa shape index (κ1) is 11.1. The lowest BCUT2D eigenvalue weighted by Gasteiger charge is -2.00. The third-order valence-corrected chi connectivity index (χ3v) is 3.04. The van der Waals surface area contributed by atoms with Crippen LogP contribution in [0.3, 0.4) is 0 Å². The van der Waals surface area contributed by atoms with Crippen molar-refractivity contribution in [2.45, 2.75) is 25.9 Å². The summed E-state index contributed by atoms with van der Waals surface area (Å²) in [6.07, 6.45) is 2.41. The van der Waals surface area contributed by atoms with Crippen LogP contribution in [0, 0.1) is 12.8 Å². The minimum Gasteiger partial charge on any atom is -0.469 e. The highest BCUT2D eigenvalue weighted by Crippen LogP contribution is 2.48. The summed E-state index contributed by atoms with van der Waals surface area (Å²) in [5.41, 5.74) is 0.779. The molecule has 0 amide bonds. The van der Waals surface area contributed by atoms with Crippen molar-refractivity contribution in [3.8, 4) is 0 Å². The largest absolute Gasteiger partial charge is 0.469 e. The van der Waals surface area contributed by atoms with Gasteiger partial charge in [0.15, 0.2) is 12.4 Å². The summed E-state index contributed by atoms with van der Waals surface area (Å²) < 4.78 is 15.4. The van der Waals surface area contributed by atoms with E-state index < -0.39 is 0 Å². The molecule has 0 aromatic carbocycles. The topological polar surface area (TPSA) is 65.5 Å². The lowest BCUT2D eigenvalue weighted by atomic mass is 10.2. The SMILES string of the molecule is Cc1cc(COC(=O)[C@H]2C[C@@H]2c2ccco2)on1. The number of ether oxygens (including phenoxy) is 1. The highest BCUT2D eigenvalue weighted by molar-refractivity contribution is 5.77. The van der Waals surface area contributed by atoms with Crippen LogP contribution in [0.25, 0.3) is 0 Å². The summed E-state index contributed by atoms with van der Waals surface area (Å²) in [5, 5.41) is 3.73. The number of hydrogen-bond donors (Lipinski definition) is 0. The Labute approximate surface area is 104 Å². The molecule has 0 spiro atoms. The Kier molecular flexibility index (Phi) is 2.66. The Morgan fingerprint density at radius 1 is 1.61 bits per heavy atom. The van der Waals surface area contributed by atoms with Crippen LogP contribution in [0.15, 0.2) is 33.4 Å². The Balaban J connectivity index is 1.51. The second-order valence-corrected chi connectivity index (χ2v) is 4.51. The number of rotatable bonds is 4. The fourth-order valence-corrected chi connectivity index (χ4v) is 2.01. The third kappa shape index (κ3) is 2.16. The van der Waals surface area contributed by atoms with Gasteiger partial charge in [-0.2, -0.15) is 0 Å². The average molecular weight is 247 g/mol. The normalized spacial score (nSPS) is 21.8. The Morgan fingerprint density at radius 2 is 2.50 bits per heavy atom. The maximum absolute atomic E-state index is 11.8. The van der Waals surface area contributed by atoms with Gasteiger partial charge in [-0.1, -0.05) is 5.16 Å². The van der Waals surface area contributed by atoms with Crippen molar-refractivity contribution < 1.29 is 18.5 Å². The van der Waals surface area contributed by atoms with Crippen LogP contribution < -0.4 is 0 Å². The van der Waals surface area contributed by atoms with Crippen molar-refractivity contribution in [3.05, 3.63) is 41.7 Å². The standard InChI is InChI=1S/C13H13NO4/c1-8-5-9(18-14-8)7-17-13(15)11-6-10(11)12-3-2-4-16-12/h2-5,10-11H,6-7H2,1H3/t10-,11-/m0/s1. The van der Waals surface area contributed by atoms with Gasteiger partial charge in [0, 0.05) is 12.0 Å². The van der Waals surface area contributed by atoms with Gasteiger partial charge in [0.1, 0.15) is 5.76 Å². The van der Waals surface area contributed by atoms with Gasteiger partial charge >= 0.3 is 5.97 Å². The van der Waals surface area contributed by atoms with Crippen molar-refractivity contribution >= 4 is 5.97 Å². The summed E-state index contributed by atoms with van der Waals surface area (Å²) in [6, 6.07) is 5.47. The predicted octanol–water partition coefficient (Wildman–Crippen LogP) is 2.42. The summed E-state index contributed by atoms with van der Waals surface area (Å²) in [6.45, 7) is 1.96. The van der Waals surface area contributed by atoms with E-state index in [1.165, 1.54) is 0 Å². The Morgan fingerprint density at radius 3 is 3.17 bits per heavy atom. The Hall–Kier alpha value is -2.04. The molecule has 18 heavy (non-hydrogen) atoms. The van der Waals surface area contributed by atoms with Crippen molar-refractivity contribution in [2.75, 3.05) is 0 Å². The molecule has 0 N–H and O–H groups in total. The van der Waals surface area contributed by atoms with E-state index in [0.29, 0.717) is 5.76 Å². The van der Waals surface area contributed by atoms with E-state index in [0.717, 1.165) is 17.9 Å². The van der Waals surface area contributed by atoms with Gasteiger partial charge in [0.25, 0.3) is 0 Å². The molecule has 5 heteroatoms. The molecule has 3 rings (SSSR count). The molecule has 94 valence electrons. The number of hydrogen-bond acceptors (Lipinski definition) is 5. The van der Waals surface area contributed by atoms with E-state index in [1.807, 2.05) is 19.1 Å². The fourth-order valence-electron chi connectivity index (χ4n) is 2.01. The first-order valence-corrected chi connectivity index (χ1v) is 5.86. The lowest BCUT2D eigenvalue weighted by Crippen LogP contribution is -2.07. The van der Waals surface area contributed by atoms with Crippen LogP contribution in [0.2, 0.25) is 0 Å². The van der Waals surface area contributed by atoms with Crippen LogP contribution in [-0.2, 0) is 16.1 Å². The molecular weight excluding hydrogens is 234 g/mol. The highest BCUT2D eigenvalue weighted by atomic mass is 16.5. The molecule has 1 aliphatic rings. The highest BCUT2D eigenvalue weighted by Gasteiger charge is 2.47. The zero-order valence-corrected chi connectivity index (χ0v) is 9.96. The summed E-state index contributed by atoms with van der Waals surface area (Å²) in [7, 11) is 0. The maximum Gasteiger partial charge on any atom is 0.310 e. The van der Waals surface area contributed by atoms with E-state index in [9.17, 15) is 4.79 Å². The monoisotopic (exact) mass is 247 g/mol. The maximum atomic E-state index is 11.8. The van der Waals surface area contributed by atoms with Crippen LogP contribution in [0.5, 0.6) is 0 Å². The third-order valence-electron chi connectivity index (χ3n) is 3.04. The predicted molar refractivity (Wildman–Crippen MR) is 60.6 cm³/mol. The first-order valence-electron chi connectivity index (χ1n) is 5.86. The van der Waals surface area contributed by atoms with Crippen LogP contribution in [0.1, 0.15) is 29.6 Å². The van der Waals surface area contributed by atoms with Crippen molar-refractivity contribution in [3.63, 3.8) is 0 Å². The van der Waals surface area contributed by atoms with E-state index in [-0.39, 0.29) is 24.4 Å². The van der Waals surface area contributed by atoms with Gasteiger partial charge in [-0.3, -0.25) is 4.79 Å². The lowest BCUT2D eigenvalue weighted by molar-refractivity contribution is -0.147. The molecule has 1 fully saturated rings. The molecule has 2 heterocycles. The minimum atomic E-state index is -0.203.